The molecule has 1 unspecified atom stereocenters. The molecule has 2 heterocycles. The number of ether oxygens (including phenoxy) is 2. The smallest absolute Gasteiger partial charge is 0.191 e. The van der Waals surface area contributed by atoms with Gasteiger partial charge in [-0.2, -0.15) is 0 Å². The molecule has 0 saturated carbocycles. The molecule has 2 aliphatic rings. The molecule has 0 aromatic heterocycles. The molecule has 2 N–H and O–H groups in total. The van der Waals surface area contributed by atoms with Crippen molar-refractivity contribution < 1.29 is 9.47 Å². The Morgan fingerprint density at radius 2 is 2.04 bits per heavy atom. The van der Waals surface area contributed by atoms with E-state index in [1.54, 1.807) is 0 Å². The molecular formula is C19H30N4O2. The molecule has 6 nitrogen and oxygen atoms in total. The molecule has 6 heteroatoms. The van der Waals surface area contributed by atoms with Crippen LogP contribution in [0.3, 0.4) is 0 Å². The van der Waals surface area contributed by atoms with Crippen LogP contribution in [0, 0.1) is 0 Å². The number of guanidine groups is 1. The van der Waals surface area contributed by atoms with E-state index in [-0.39, 0.29) is 0 Å². The van der Waals surface area contributed by atoms with Gasteiger partial charge < -0.3 is 25.0 Å². The number of benzene rings is 1. The van der Waals surface area contributed by atoms with Crippen molar-refractivity contribution in [3.63, 3.8) is 0 Å². The molecule has 0 radical (unpaired) electrons. The van der Waals surface area contributed by atoms with E-state index in [0.717, 1.165) is 64.8 Å². The average molecular weight is 346 g/mol. The number of nitrogens with one attached hydrogen (secondary N) is 2. The Kier molecular flexibility index (Phi) is 6.94. The number of rotatable bonds is 6. The summed E-state index contributed by atoms with van der Waals surface area (Å²) in [6, 6.07) is 8.53. The van der Waals surface area contributed by atoms with Crippen molar-refractivity contribution in [2.24, 2.45) is 4.99 Å². The van der Waals surface area contributed by atoms with Crippen LogP contribution in [-0.4, -0.2) is 58.1 Å². The van der Waals surface area contributed by atoms with Gasteiger partial charge in [0.15, 0.2) is 5.96 Å². The Hall–Kier alpha value is -1.79. The van der Waals surface area contributed by atoms with Gasteiger partial charge in [0, 0.05) is 38.5 Å². The highest BCUT2D eigenvalue weighted by Gasteiger charge is 2.16. The van der Waals surface area contributed by atoms with Crippen molar-refractivity contribution in [2.75, 3.05) is 50.9 Å². The van der Waals surface area contributed by atoms with Gasteiger partial charge in [0.05, 0.1) is 25.9 Å². The molecule has 25 heavy (non-hydrogen) atoms. The van der Waals surface area contributed by atoms with Gasteiger partial charge in [-0.1, -0.05) is 18.2 Å². The molecule has 2 fully saturated rings. The van der Waals surface area contributed by atoms with Crippen molar-refractivity contribution in [2.45, 2.75) is 32.4 Å². The fraction of sp³-hybridized carbons (Fsp3) is 0.632. The fourth-order valence-electron chi connectivity index (χ4n) is 3.28. The Bertz CT molecular complexity index is 552. The quantitative estimate of drug-likeness (QED) is 0.607. The number of aliphatic imine (C=N–C) groups is 1. The lowest BCUT2D eigenvalue weighted by Gasteiger charge is -2.30. The maximum Gasteiger partial charge on any atom is 0.191 e. The summed E-state index contributed by atoms with van der Waals surface area (Å²) >= 11 is 0. The Labute approximate surface area is 150 Å². The predicted octanol–water partition coefficient (Wildman–Crippen LogP) is 1.76. The van der Waals surface area contributed by atoms with Gasteiger partial charge in [-0.05, 0) is 31.4 Å². The minimum Gasteiger partial charge on any atom is -0.378 e. The van der Waals surface area contributed by atoms with Gasteiger partial charge in [0.2, 0.25) is 0 Å². The predicted molar refractivity (Wildman–Crippen MR) is 101 cm³/mol. The molecule has 1 aromatic carbocycles. The van der Waals surface area contributed by atoms with Crippen LogP contribution in [0.2, 0.25) is 0 Å². The fourth-order valence-corrected chi connectivity index (χ4v) is 3.28. The van der Waals surface area contributed by atoms with Crippen molar-refractivity contribution >= 4 is 11.6 Å². The molecule has 0 spiro atoms. The van der Waals surface area contributed by atoms with E-state index in [0.29, 0.717) is 12.6 Å². The highest BCUT2D eigenvalue weighted by atomic mass is 16.5. The minimum absolute atomic E-state index is 0.310. The number of hydrogen-bond donors (Lipinski definition) is 2. The van der Waals surface area contributed by atoms with Gasteiger partial charge in [-0.15, -0.1) is 0 Å². The summed E-state index contributed by atoms with van der Waals surface area (Å²) in [5.74, 6) is 0.856. The SMILES string of the molecule is CCNC(=NCc1ccccc1N1CCOCC1)NCC1CCCO1. The van der Waals surface area contributed by atoms with Crippen molar-refractivity contribution in [1.82, 2.24) is 10.6 Å². The molecule has 1 atom stereocenters. The Balaban J connectivity index is 1.63. The summed E-state index contributed by atoms with van der Waals surface area (Å²) in [6.45, 7) is 8.77. The second-order valence-electron chi connectivity index (χ2n) is 6.44. The standard InChI is InChI=1S/C19H30N4O2/c1-2-20-19(22-15-17-7-5-11-25-17)21-14-16-6-3-4-8-18(16)23-9-12-24-13-10-23/h3-4,6,8,17H,2,5,7,9-15H2,1H3,(H2,20,21,22). The van der Waals surface area contributed by atoms with Crippen LogP contribution in [0.1, 0.15) is 25.3 Å². The average Bonchev–Trinajstić information content (AvgIpc) is 3.18. The van der Waals surface area contributed by atoms with E-state index in [1.807, 2.05) is 0 Å². The maximum absolute atomic E-state index is 5.68. The summed E-state index contributed by atoms with van der Waals surface area (Å²) in [7, 11) is 0. The first-order valence-corrected chi connectivity index (χ1v) is 9.41. The molecule has 3 rings (SSSR count). The number of morpholine rings is 1. The van der Waals surface area contributed by atoms with Crippen LogP contribution >= 0.6 is 0 Å². The van der Waals surface area contributed by atoms with Crippen LogP contribution in [0.4, 0.5) is 5.69 Å². The van der Waals surface area contributed by atoms with Gasteiger partial charge in [-0.25, -0.2) is 4.99 Å². The lowest BCUT2D eigenvalue weighted by atomic mass is 10.1. The van der Waals surface area contributed by atoms with Gasteiger partial charge >= 0.3 is 0 Å². The lowest BCUT2D eigenvalue weighted by molar-refractivity contribution is 0.114. The first kappa shape index (κ1) is 18.0. The summed E-state index contributed by atoms with van der Waals surface area (Å²) in [6.07, 6.45) is 2.60. The zero-order valence-electron chi connectivity index (χ0n) is 15.2. The van der Waals surface area contributed by atoms with Crippen molar-refractivity contribution in [3.05, 3.63) is 29.8 Å². The van der Waals surface area contributed by atoms with E-state index >= 15 is 0 Å². The van der Waals surface area contributed by atoms with Crippen molar-refractivity contribution in [1.29, 1.82) is 0 Å². The molecule has 138 valence electrons. The first-order chi connectivity index (χ1) is 12.4. The van der Waals surface area contributed by atoms with Crippen LogP contribution in [0.5, 0.6) is 0 Å². The number of nitrogens with zero attached hydrogens (tertiary/aromatic N) is 2. The molecule has 0 bridgehead atoms. The molecule has 1 aromatic rings. The summed E-state index contributed by atoms with van der Waals surface area (Å²) in [5.41, 5.74) is 2.52. The molecule has 2 aliphatic heterocycles. The van der Waals surface area contributed by atoms with Crippen LogP contribution in [0.15, 0.2) is 29.3 Å². The van der Waals surface area contributed by atoms with E-state index in [2.05, 4.69) is 46.7 Å². The monoisotopic (exact) mass is 346 g/mol. The van der Waals surface area contributed by atoms with Gasteiger partial charge in [-0.3, -0.25) is 0 Å². The first-order valence-electron chi connectivity index (χ1n) is 9.41. The van der Waals surface area contributed by atoms with Crippen LogP contribution < -0.4 is 15.5 Å². The molecule has 0 amide bonds. The van der Waals surface area contributed by atoms with E-state index in [9.17, 15) is 0 Å². The topological polar surface area (TPSA) is 58.1 Å². The summed E-state index contributed by atoms with van der Waals surface area (Å²) in [4.78, 5) is 7.17. The number of anilines is 1. The normalized spacial score (nSPS) is 21.4. The second kappa shape index (κ2) is 9.63. The Morgan fingerprint density at radius 1 is 1.20 bits per heavy atom. The summed E-state index contributed by atoms with van der Waals surface area (Å²) in [5, 5.41) is 6.74. The third-order valence-electron chi connectivity index (χ3n) is 4.62. The Morgan fingerprint density at radius 3 is 2.80 bits per heavy atom. The highest BCUT2D eigenvalue weighted by molar-refractivity contribution is 5.79. The van der Waals surface area contributed by atoms with E-state index in [4.69, 9.17) is 14.5 Å². The molecule has 0 aliphatic carbocycles. The number of hydrogen-bond acceptors (Lipinski definition) is 4. The van der Waals surface area contributed by atoms with Crippen LogP contribution in [-0.2, 0) is 16.0 Å². The zero-order chi connectivity index (χ0) is 17.3. The second-order valence-corrected chi connectivity index (χ2v) is 6.44. The highest BCUT2D eigenvalue weighted by Crippen LogP contribution is 2.22. The number of para-hydroxylation sites is 1. The molecule has 2 saturated heterocycles. The minimum atomic E-state index is 0.310. The third-order valence-corrected chi connectivity index (χ3v) is 4.62. The lowest BCUT2D eigenvalue weighted by Crippen LogP contribution is -2.41. The van der Waals surface area contributed by atoms with E-state index in [1.165, 1.54) is 11.3 Å². The maximum atomic E-state index is 5.68. The third kappa shape index (κ3) is 5.34. The van der Waals surface area contributed by atoms with Gasteiger partial charge in [0.1, 0.15) is 0 Å². The molecular weight excluding hydrogens is 316 g/mol. The van der Waals surface area contributed by atoms with Gasteiger partial charge in [0.25, 0.3) is 0 Å². The van der Waals surface area contributed by atoms with Crippen molar-refractivity contribution in [3.8, 4) is 0 Å². The van der Waals surface area contributed by atoms with E-state index < -0.39 is 0 Å². The van der Waals surface area contributed by atoms with Crippen LogP contribution in [0.25, 0.3) is 0 Å². The zero-order valence-corrected chi connectivity index (χ0v) is 15.2. The largest absolute Gasteiger partial charge is 0.378 e. The summed E-state index contributed by atoms with van der Waals surface area (Å²) < 4.78 is 11.1.